The zero-order valence-electron chi connectivity index (χ0n) is 14.9. The topological polar surface area (TPSA) is 34.2 Å². The predicted octanol–water partition coefficient (Wildman–Crippen LogP) is 5.10. The van der Waals surface area contributed by atoms with Crippen LogP contribution in [0.3, 0.4) is 0 Å². The molecule has 4 rings (SSSR count). The SMILES string of the molecule is Cc1nccc(-c2cc3c(cc2F)NC(C)(C)C2OCCC32C)c1Cl. The fourth-order valence-corrected chi connectivity index (χ4v) is 4.72. The molecule has 0 saturated carbocycles. The Morgan fingerprint density at radius 2 is 2.04 bits per heavy atom. The lowest BCUT2D eigenvalue weighted by Crippen LogP contribution is -2.56. The third-order valence-corrected chi connectivity index (χ3v) is 6.15. The van der Waals surface area contributed by atoms with Gasteiger partial charge in [-0.05, 0) is 51.0 Å². The van der Waals surface area contributed by atoms with Crippen LogP contribution in [-0.4, -0.2) is 23.2 Å². The lowest BCUT2D eigenvalue weighted by atomic mass is 9.66. The third-order valence-electron chi connectivity index (χ3n) is 5.67. The van der Waals surface area contributed by atoms with Gasteiger partial charge in [-0.2, -0.15) is 0 Å². The zero-order valence-corrected chi connectivity index (χ0v) is 15.7. The van der Waals surface area contributed by atoms with Crippen molar-refractivity contribution in [2.75, 3.05) is 11.9 Å². The van der Waals surface area contributed by atoms with E-state index in [1.807, 2.05) is 13.0 Å². The van der Waals surface area contributed by atoms with E-state index in [2.05, 4.69) is 31.1 Å². The van der Waals surface area contributed by atoms with Crippen LogP contribution in [0.1, 0.15) is 38.4 Å². The smallest absolute Gasteiger partial charge is 0.133 e. The van der Waals surface area contributed by atoms with Gasteiger partial charge in [0.25, 0.3) is 0 Å². The van der Waals surface area contributed by atoms with Gasteiger partial charge in [0.2, 0.25) is 0 Å². The lowest BCUT2D eigenvalue weighted by molar-refractivity contribution is 0.0352. The molecule has 3 nitrogen and oxygen atoms in total. The number of hydrogen-bond acceptors (Lipinski definition) is 3. The second kappa shape index (κ2) is 5.42. The van der Waals surface area contributed by atoms with E-state index >= 15 is 0 Å². The van der Waals surface area contributed by atoms with Crippen molar-refractivity contribution in [2.24, 2.45) is 0 Å². The Bertz CT molecular complexity index is 867. The number of anilines is 1. The van der Waals surface area contributed by atoms with Gasteiger partial charge in [0.1, 0.15) is 5.82 Å². The van der Waals surface area contributed by atoms with Crippen molar-refractivity contribution in [2.45, 2.75) is 51.2 Å². The van der Waals surface area contributed by atoms with Gasteiger partial charge in [0.05, 0.1) is 22.4 Å². The van der Waals surface area contributed by atoms with E-state index in [1.54, 1.807) is 18.3 Å². The van der Waals surface area contributed by atoms with Crippen molar-refractivity contribution in [3.05, 3.63) is 46.5 Å². The first kappa shape index (κ1) is 16.8. The summed E-state index contributed by atoms with van der Waals surface area (Å²) in [5.74, 6) is -0.282. The number of nitrogens with one attached hydrogen (secondary N) is 1. The Labute approximate surface area is 152 Å². The highest BCUT2D eigenvalue weighted by molar-refractivity contribution is 6.33. The highest BCUT2D eigenvalue weighted by Gasteiger charge is 2.53. The predicted molar refractivity (Wildman–Crippen MR) is 98.8 cm³/mol. The molecule has 0 radical (unpaired) electrons. The van der Waals surface area contributed by atoms with Crippen LogP contribution < -0.4 is 5.32 Å². The first-order valence-electron chi connectivity index (χ1n) is 8.59. The van der Waals surface area contributed by atoms with E-state index < -0.39 is 0 Å². The Kier molecular flexibility index (Phi) is 3.64. The van der Waals surface area contributed by atoms with E-state index in [0.717, 1.165) is 17.7 Å². The van der Waals surface area contributed by atoms with Crippen molar-refractivity contribution < 1.29 is 9.13 Å². The minimum absolute atomic E-state index is 0.0421. The van der Waals surface area contributed by atoms with Gasteiger partial charge in [-0.3, -0.25) is 4.98 Å². The summed E-state index contributed by atoms with van der Waals surface area (Å²) in [4.78, 5) is 4.18. The largest absolute Gasteiger partial charge is 0.377 e. The molecule has 2 unspecified atom stereocenters. The Morgan fingerprint density at radius 1 is 1.28 bits per heavy atom. The maximum atomic E-state index is 14.9. The number of ether oxygens (including phenoxy) is 1. The van der Waals surface area contributed by atoms with E-state index in [4.69, 9.17) is 16.3 Å². The van der Waals surface area contributed by atoms with Gasteiger partial charge in [0.15, 0.2) is 0 Å². The molecule has 1 aromatic carbocycles. The monoisotopic (exact) mass is 360 g/mol. The molecule has 132 valence electrons. The Hall–Kier alpha value is -1.65. The first-order chi connectivity index (χ1) is 11.7. The van der Waals surface area contributed by atoms with Crippen LogP contribution in [0.2, 0.25) is 5.02 Å². The summed E-state index contributed by atoms with van der Waals surface area (Å²) < 4.78 is 21.0. The Morgan fingerprint density at radius 3 is 2.80 bits per heavy atom. The molecule has 0 bridgehead atoms. The molecule has 2 aliphatic heterocycles. The molecular weight excluding hydrogens is 339 g/mol. The van der Waals surface area contributed by atoms with Gasteiger partial charge in [0, 0.05) is 35.0 Å². The number of fused-ring (bicyclic) bond motifs is 3. The average molecular weight is 361 g/mol. The van der Waals surface area contributed by atoms with Crippen molar-refractivity contribution in [3.8, 4) is 11.1 Å². The molecule has 3 heterocycles. The minimum Gasteiger partial charge on any atom is -0.377 e. The summed E-state index contributed by atoms with van der Waals surface area (Å²) in [7, 11) is 0. The van der Waals surface area contributed by atoms with Gasteiger partial charge in [-0.1, -0.05) is 18.5 Å². The van der Waals surface area contributed by atoms with Crippen LogP contribution in [0, 0.1) is 12.7 Å². The number of halogens is 2. The van der Waals surface area contributed by atoms with Crippen LogP contribution in [0.15, 0.2) is 24.4 Å². The van der Waals surface area contributed by atoms with Crippen LogP contribution >= 0.6 is 11.6 Å². The number of pyridine rings is 1. The molecule has 1 fully saturated rings. The maximum Gasteiger partial charge on any atom is 0.133 e. The van der Waals surface area contributed by atoms with Gasteiger partial charge in [-0.15, -0.1) is 0 Å². The number of hydrogen-bond donors (Lipinski definition) is 1. The maximum absolute atomic E-state index is 14.9. The van der Waals surface area contributed by atoms with Crippen molar-refractivity contribution in [3.63, 3.8) is 0 Å². The molecule has 0 spiro atoms. The van der Waals surface area contributed by atoms with Gasteiger partial charge in [-0.25, -0.2) is 4.39 Å². The normalized spacial score (nSPS) is 26.7. The molecule has 1 N–H and O–H groups in total. The third kappa shape index (κ3) is 2.38. The van der Waals surface area contributed by atoms with Gasteiger partial charge < -0.3 is 10.1 Å². The standard InChI is InChI=1S/C20H22ClFN2O/c1-11-17(21)12(5-7-23-11)13-9-14-16(10-15(13)22)24-19(2,3)18-20(14,4)6-8-25-18/h5,7,9-10,18,24H,6,8H2,1-4H3. The van der Waals surface area contributed by atoms with Crippen molar-refractivity contribution in [1.29, 1.82) is 0 Å². The molecule has 25 heavy (non-hydrogen) atoms. The van der Waals surface area contributed by atoms with Gasteiger partial charge >= 0.3 is 0 Å². The zero-order chi connectivity index (χ0) is 18.0. The number of rotatable bonds is 1. The highest BCUT2D eigenvalue weighted by atomic mass is 35.5. The highest BCUT2D eigenvalue weighted by Crippen LogP contribution is 2.51. The van der Waals surface area contributed by atoms with E-state index in [0.29, 0.717) is 28.5 Å². The van der Waals surface area contributed by atoms with E-state index in [-0.39, 0.29) is 22.9 Å². The fourth-order valence-electron chi connectivity index (χ4n) is 4.51. The molecular formula is C20H22ClFN2O. The molecule has 5 heteroatoms. The summed E-state index contributed by atoms with van der Waals surface area (Å²) in [5, 5.41) is 3.96. The average Bonchev–Trinajstić information content (AvgIpc) is 2.94. The summed E-state index contributed by atoms with van der Waals surface area (Å²) in [5.41, 5.74) is 3.43. The van der Waals surface area contributed by atoms with Crippen LogP contribution in [0.5, 0.6) is 0 Å². The second-order valence-corrected chi connectivity index (χ2v) is 8.28. The molecule has 1 aromatic heterocycles. The number of aryl methyl sites for hydroxylation is 1. The molecule has 2 aromatic rings. The number of nitrogens with zero attached hydrogens (tertiary/aromatic N) is 1. The summed E-state index contributed by atoms with van der Waals surface area (Å²) in [6, 6.07) is 5.30. The minimum atomic E-state index is -0.282. The van der Waals surface area contributed by atoms with E-state index in [1.165, 1.54) is 0 Å². The van der Waals surface area contributed by atoms with Crippen LogP contribution in [-0.2, 0) is 10.2 Å². The number of aromatic nitrogens is 1. The van der Waals surface area contributed by atoms with Crippen molar-refractivity contribution in [1.82, 2.24) is 4.98 Å². The van der Waals surface area contributed by atoms with Crippen LogP contribution in [0.4, 0.5) is 10.1 Å². The summed E-state index contributed by atoms with van der Waals surface area (Å²) in [6.07, 6.45) is 2.63. The van der Waals surface area contributed by atoms with Crippen LogP contribution in [0.25, 0.3) is 11.1 Å². The molecule has 2 atom stereocenters. The Balaban J connectivity index is 1.94. The fraction of sp³-hybridized carbons (Fsp3) is 0.450. The lowest BCUT2D eigenvalue weighted by Gasteiger charge is -2.48. The molecule has 1 saturated heterocycles. The second-order valence-electron chi connectivity index (χ2n) is 7.90. The number of benzene rings is 1. The molecule has 0 amide bonds. The van der Waals surface area contributed by atoms with E-state index in [9.17, 15) is 4.39 Å². The summed E-state index contributed by atoms with van der Waals surface area (Å²) in [6.45, 7) is 8.98. The van der Waals surface area contributed by atoms with Crippen molar-refractivity contribution >= 4 is 17.3 Å². The molecule has 0 aliphatic carbocycles. The summed E-state index contributed by atoms with van der Waals surface area (Å²) >= 11 is 6.40. The molecule has 2 aliphatic rings. The first-order valence-corrected chi connectivity index (χ1v) is 8.97. The quantitative estimate of drug-likeness (QED) is 0.768.